The molecule has 0 saturated heterocycles. The van der Waals surface area contributed by atoms with E-state index in [-0.39, 0.29) is 5.76 Å². The molecule has 0 bridgehead atoms. The van der Waals surface area contributed by atoms with Crippen LogP contribution in [0.3, 0.4) is 0 Å². The Labute approximate surface area is 193 Å². The predicted molar refractivity (Wildman–Crippen MR) is 128 cm³/mol. The number of hydrogen-bond acceptors (Lipinski definition) is 5. The number of carboxylic acids is 1. The van der Waals surface area contributed by atoms with Crippen LogP contribution in [0.1, 0.15) is 18.9 Å². The Morgan fingerprint density at radius 1 is 0.970 bits per heavy atom. The van der Waals surface area contributed by atoms with Crippen molar-refractivity contribution in [3.05, 3.63) is 90.2 Å². The third kappa shape index (κ3) is 5.47. The normalized spacial score (nSPS) is 13.4. The van der Waals surface area contributed by atoms with Crippen LogP contribution in [-0.4, -0.2) is 37.4 Å². The number of rotatable bonds is 9. The van der Waals surface area contributed by atoms with Crippen LogP contribution in [0.15, 0.2) is 84.6 Å². The molecular weight excluding hydrogens is 418 g/mol. The average Bonchev–Trinajstić information content (AvgIpc) is 2.85. The zero-order chi connectivity index (χ0) is 23.0. The first kappa shape index (κ1) is 22.3. The van der Waals surface area contributed by atoms with E-state index in [0.29, 0.717) is 31.0 Å². The summed E-state index contributed by atoms with van der Waals surface area (Å²) in [5.41, 5.74) is 2.50. The molecule has 6 nitrogen and oxygen atoms in total. The molecule has 4 rings (SSSR count). The highest BCUT2D eigenvalue weighted by Crippen LogP contribution is 2.31. The molecule has 0 aromatic heterocycles. The van der Waals surface area contributed by atoms with E-state index in [1.54, 1.807) is 12.1 Å². The van der Waals surface area contributed by atoms with Crippen LogP contribution in [0.2, 0.25) is 0 Å². The van der Waals surface area contributed by atoms with Gasteiger partial charge in [-0.1, -0.05) is 49.4 Å². The summed E-state index contributed by atoms with van der Waals surface area (Å²) < 4.78 is 17.4. The summed E-state index contributed by atoms with van der Waals surface area (Å²) in [6.45, 7) is 4.67. The second-order valence-corrected chi connectivity index (χ2v) is 7.56. The lowest BCUT2D eigenvalue weighted by molar-refractivity contribution is -0.134. The third-order valence-electron chi connectivity index (χ3n) is 5.44. The smallest absolute Gasteiger partial charge is 0.372 e. The lowest BCUT2D eigenvalue weighted by Crippen LogP contribution is -2.35. The van der Waals surface area contributed by atoms with Crippen molar-refractivity contribution in [2.45, 2.75) is 13.3 Å². The summed E-state index contributed by atoms with van der Waals surface area (Å²) in [4.78, 5) is 14.2. The van der Waals surface area contributed by atoms with Crippen LogP contribution < -0.4 is 19.1 Å². The molecule has 0 fully saturated rings. The van der Waals surface area contributed by atoms with E-state index in [9.17, 15) is 9.90 Å². The molecule has 170 valence electrons. The van der Waals surface area contributed by atoms with Crippen molar-refractivity contribution < 1.29 is 24.1 Å². The molecule has 1 aliphatic heterocycles. The maximum Gasteiger partial charge on any atom is 0.372 e. The molecule has 0 amide bonds. The molecule has 1 N–H and O–H groups in total. The summed E-state index contributed by atoms with van der Waals surface area (Å²) >= 11 is 0. The fourth-order valence-electron chi connectivity index (χ4n) is 3.82. The molecule has 1 heterocycles. The van der Waals surface area contributed by atoms with E-state index >= 15 is 0 Å². The van der Waals surface area contributed by atoms with E-state index < -0.39 is 5.97 Å². The SMILES string of the molecule is CCC(=C(Oc1ccccc1)C(=O)O)c1ccc(OCCN2CCOc3ccccc32)cc1. The molecule has 6 heteroatoms. The molecular formula is C27H27NO5. The number of allylic oxidation sites excluding steroid dienone is 1. The summed E-state index contributed by atoms with van der Waals surface area (Å²) in [5, 5.41) is 9.74. The van der Waals surface area contributed by atoms with Crippen LogP contribution in [0.4, 0.5) is 5.69 Å². The van der Waals surface area contributed by atoms with Crippen molar-refractivity contribution in [3.8, 4) is 17.2 Å². The van der Waals surface area contributed by atoms with Crippen molar-refractivity contribution in [3.63, 3.8) is 0 Å². The van der Waals surface area contributed by atoms with Crippen LogP contribution in [-0.2, 0) is 4.79 Å². The molecule has 33 heavy (non-hydrogen) atoms. The predicted octanol–water partition coefficient (Wildman–Crippen LogP) is 5.25. The number of para-hydroxylation sites is 3. The van der Waals surface area contributed by atoms with Gasteiger partial charge in [0, 0.05) is 5.57 Å². The van der Waals surface area contributed by atoms with Gasteiger partial charge in [-0.3, -0.25) is 0 Å². The summed E-state index contributed by atoms with van der Waals surface area (Å²) in [7, 11) is 0. The summed E-state index contributed by atoms with van der Waals surface area (Å²) in [6.07, 6.45) is 0.519. The minimum Gasteiger partial charge on any atom is -0.492 e. The molecule has 0 atom stereocenters. The number of ether oxygens (including phenoxy) is 3. The molecule has 3 aromatic rings. The first-order valence-corrected chi connectivity index (χ1v) is 11.0. The Morgan fingerprint density at radius 3 is 2.42 bits per heavy atom. The van der Waals surface area contributed by atoms with Crippen molar-refractivity contribution >= 4 is 17.2 Å². The lowest BCUT2D eigenvalue weighted by atomic mass is 10.0. The molecule has 3 aromatic carbocycles. The summed E-state index contributed by atoms with van der Waals surface area (Å²) in [5.74, 6) is 0.964. The largest absolute Gasteiger partial charge is 0.492 e. The van der Waals surface area contributed by atoms with Crippen molar-refractivity contribution in [1.82, 2.24) is 0 Å². The van der Waals surface area contributed by atoms with Gasteiger partial charge in [-0.2, -0.15) is 0 Å². The van der Waals surface area contributed by atoms with Crippen molar-refractivity contribution in [2.24, 2.45) is 0 Å². The van der Waals surface area contributed by atoms with Crippen LogP contribution in [0.25, 0.3) is 5.57 Å². The van der Waals surface area contributed by atoms with Gasteiger partial charge in [-0.05, 0) is 48.4 Å². The van der Waals surface area contributed by atoms with Gasteiger partial charge in [0.2, 0.25) is 5.76 Å². The fourth-order valence-corrected chi connectivity index (χ4v) is 3.82. The standard InChI is InChI=1S/C27H27NO5/c1-2-23(26(27(29)30)33-22-8-4-3-5-9-22)20-12-14-21(15-13-20)31-18-16-28-17-19-32-25-11-7-6-10-24(25)28/h3-15H,2,16-19H2,1H3,(H,29,30). The van der Waals surface area contributed by atoms with Crippen LogP contribution >= 0.6 is 0 Å². The highest BCUT2D eigenvalue weighted by molar-refractivity contribution is 5.94. The zero-order valence-corrected chi connectivity index (χ0v) is 18.6. The molecule has 1 aliphatic rings. The second-order valence-electron chi connectivity index (χ2n) is 7.56. The van der Waals surface area contributed by atoms with E-state index in [4.69, 9.17) is 14.2 Å². The monoisotopic (exact) mass is 445 g/mol. The number of anilines is 1. The maximum absolute atomic E-state index is 11.9. The fraction of sp³-hybridized carbons (Fsp3) is 0.222. The molecule has 0 spiro atoms. The highest BCUT2D eigenvalue weighted by Gasteiger charge is 2.19. The number of benzene rings is 3. The number of fused-ring (bicyclic) bond motifs is 1. The average molecular weight is 446 g/mol. The van der Waals surface area contributed by atoms with Gasteiger partial charge in [0.25, 0.3) is 0 Å². The first-order valence-electron chi connectivity index (χ1n) is 11.0. The number of nitrogens with zero attached hydrogens (tertiary/aromatic N) is 1. The van der Waals surface area contributed by atoms with Gasteiger partial charge in [0.1, 0.15) is 30.5 Å². The number of aliphatic carboxylic acids is 1. The number of carbonyl (C=O) groups is 1. The van der Waals surface area contributed by atoms with E-state index in [1.807, 2.05) is 67.6 Å². The lowest BCUT2D eigenvalue weighted by Gasteiger charge is -2.31. The van der Waals surface area contributed by atoms with Gasteiger partial charge >= 0.3 is 5.97 Å². The van der Waals surface area contributed by atoms with Crippen molar-refractivity contribution in [1.29, 1.82) is 0 Å². The van der Waals surface area contributed by atoms with Crippen molar-refractivity contribution in [2.75, 3.05) is 31.2 Å². The highest BCUT2D eigenvalue weighted by atomic mass is 16.5. The molecule has 0 radical (unpaired) electrons. The number of carboxylic acid groups (broad SMARTS) is 1. The number of hydrogen-bond donors (Lipinski definition) is 1. The van der Waals surface area contributed by atoms with Crippen LogP contribution in [0.5, 0.6) is 17.2 Å². The minimum absolute atomic E-state index is 0.0663. The Morgan fingerprint density at radius 2 is 1.70 bits per heavy atom. The Bertz CT molecular complexity index is 1110. The van der Waals surface area contributed by atoms with Crippen LogP contribution in [0, 0.1) is 0 Å². The second kappa shape index (κ2) is 10.6. The molecule has 0 aliphatic carbocycles. The molecule has 0 unspecified atom stereocenters. The Kier molecular flexibility index (Phi) is 7.15. The zero-order valence-electron chi connectivity index (χ0n) is 18.6. The van der Waals surface area contributed by atoms with E-state index in [1.165, 1.54) is 0 Å². The third-order valence-corrected chi connectivity index (χ3v) is 5.44. The summed E-state index contributed by atoms with van der Waals surface area (Å²) in [6, 6.07) is 24.4. The van der Waals surface area contributed by atoms with E-state index in [0.717, 1.165) is 35.8 Å². The minimum atomic E-state index is -1.10. The Hall–Kier alpha value is -3.93. The topological polar surface area (TPSA) is 68.2 Å². The van der Waals surface area contributed by atoms with E-state index in [2.05, 4.69) is 11.0 Å². The Balaban J connectivity index is 1.42. The van der Waals surface area contributed by atoms with Gasteiger partial charge in [-0.25, -0.2) is 4.79 Å². The quantitative estimate of drug-likeness (QED) is 0.358. The maximum atomic E-state index is 11.9. The van der Waals surface area contributed by atoms with Gasteiger partial charge in [0.15, 0.2) is 0 Å². The first-order chi connectivity index (χ1) is 16.2. The van der Waals surface area contributed by atoms with Gasteiger partial charge in [0.05, 0.1) is 18.8 Å². The molecule has 0 saturated carbocycles. The van der Waals surface area contributed by atoms with Gasteiger partial charge < -0.3 is 24.2 Å². The van der Waals surface area contributed by atoms with Gasteiger partial charge in [-0.15, -0.1) is 0 Å².